The molecule has 2 atom stereocenters. The van der Waals surface area contributed by atoms with Gasteiger partial charge in [0.15, 0.2) is 5.37 Å². The van der Waals surface area contributed by atoms with Crippen LogP contribution >= 0.6 is 11.8 Å². The SMILES string of the molecule is COC(=O)C1CSC(C(=O)OC)N1C(=O)CN1CCN(c2ccc([N+](=O)[O-])cc2)CC1. The summed E-state index contributed by atoms with van der Waals surface area (Å²) < 4.78 is 9.58. The normalized spacial score (nSPS) is 21.6. The van der Waals surface area contributed by atoms with Crippen molar-refractivity contribution in [3.8, 4) is 0 Å². The zero-order chi connectivity index (χ0) is 22.5. The summed E-state index contributed by atoms with van der Waals surface area (Å²) in [7, 11) is 2.49. The van der Waals surface area contributed by atoms with E-state index in [0.29, 0.717) is 26.2 Å². The van der Waals surface area contributed by atoms with Crippen molar-refractivity contribution >= 4 is 41.0 Å². The van der Waals surface area contributed by atoms with Gasteiger partial charge in [-0.05, 0) is 12.1 Å². The maximum Gasteiger partial charge on any atom is 0.339 e. The molecule has 0 aromatic heterocycles. The number of hydrogen-bond acceptors (Lipinski definition) is 10. The number of rotatable bonds is 6. The fourth-order valence-electron chi connectivity index (χ4n) is 3.63. The number of benzene rings is 1. The molecule has 3 rings (SSSR count). The maximum absolute atomic E-state index is 13.0. The van der Waals surface area contributed by atoms with Gasteiger partial charge < -0.3 is 19.3 Å². The van der Waals surface area contributed by atoms with Gasteiger partial charge in [0.05, 0.1) is 25.7 Å². The van der Waals surface area contributed by atoms with Crippen LogP contribution in [0.4, 0.5) is 11.4 Å². The van der Waals surface area contributed by atoms with Crippen molar-refractivity contribution in [3.63, 3.8) is 0 Å². The minimum absolute atomic E-state index is 0.0387. The molecular formula is C19H24N4O7S. The summed E-state index contributed by atoms with van der Waals surface area (Å²) in [5, 5.41) is 9.93. The Morgan fingerprint density at radius 1 is 1.06 bits per heavy atom. The highest BCUT2D eigenvalue weighted by Crippen LogP contribution is 2.31. The lowest BCUT2D eigenvalue weighted by atomic mass is 10.2. The van der Waals surface area contributed by atoms with E-state index in [1.54, 1.807) is 12.1 Å². The highest BCUT2D eigenvalue weighted by molar-refractivity contribution is 8.00. The van der Waals surface area contributed by atoms with Gasteiger partial charge in [-0.1, -0.05) is 0 Å². The molecule has 0 bridgehead atoms. The summed E-state index contributed by atoms with van der Waals surface area (Å²) in [4.78, 5) is 52.9. The molecule has 11 nitrogen and oxygen atoms in total. The molecule has 0 spiro atoms. The molecule has 0 saturated carbocycles. The van der Waals surface area contributed by atoms with Crippen LogP contribution in [0.5, 0.6) is 0 Å². The standard InChI is InChI=1S/C19H24N4O7S/c1-29-18(25)15-12-31-17(19(26)30-2)22(15)16(24)11-20-7-9-21(10-8-20)13-3-5-14(6-4-13)23(27)28/h3-6,15,17H,7-12H2,1-2H3. The number of thioether (sulfide) groups is 1. The van der Waals surface area contributed by atoms with E-state index in [4.69, 9.17) is 9.47 Å². The number of nitrogens with zero attached hydrogens (tertiary/aromatic N) is 4. The summed E-state index contributed by atoms with van der Waals surface area (Å²) in [6.07, 6.45) is 0. The van der Waals surface area contributed by atoms with Gasteiger partial charge in [-0.15, -0.1) is 11.8 Å². The average Bonchev–Trinajstić information content (AvgIpc) is 3.24. The Kier molecular flexibility index (Phi) is 7.33. The highest BCUT2D eigenvalue weighted by atomic mass is 32.2. The van der Waals surface area contributed by atoms with E-state index in [1.807, 2.05) is 4.90 Å². The van der Waals surface area contributed by atoms with Gasteiger partial charge in [-0.3, -0.25) is 19.8 Å². The quantitative estimate of drug-likeness (QED) is 0.339. The second-order valence-electron chi connectivity index (χ2n) is 7.09. The third-order valence-corrected chi connectivity index (χ3v) is 6.56. The van der Waals surface area contributed by atoms with Gasteiger partial charge in [0.1, 0.15) is 6.04 Å². The predicted molar refractivity (Wildman–Crippen MR) is 113 cm³/mol. The van der Waals surface area contributed by atoms with Crippen molar-refractivity contribution in [1.29, 1.82) is 0 Å². The van der Waals surface area contributed by atoms with Crippen LogP contribution in [0.15, 0.2) is 24.3 Å². The van der Waals surface area contributed by atoms with Crippen molar-refractivity contribution in [1.82, 2.24) is 9.80 Å². The highest BCUT2D eigenvalue weighted by Gasteiger charge is 2.46. The van der Waals surface area contributed by atoms with Crippen molar-refractivity contribution in [2.75, 3.05) is 57.6 Å². The minimum Gasteiger partial charge on any atom is -0.467 e. The Morgan fingerprint density at radius 3 is 2.23 bits per heavy atom. The number of esters is 2. The second kappa shape index (κ2) is 9.96. The van der Waals surface area contributed by atoms with E-state index < -0.39 is 28.3 Å². The van der Waals surface area contributed by atoms with E-state index >= 15 is 0 Å². The number of nitro groups is 1. The van der Waals surface area contributed by atoms with Gasteiger partial charge >= 0.3 is 11.9 Å². The molecule has 2 unspecified atom stereocenters. The number of methoxy groups -OCH3 is 2. The van der Waals surface area contributed by atoms with E-state index in [2.05, 4.69) is 4.90 Å². The lowest BCUT2D eigenvalue weighted by Crippen LogP contribution is -2.54. The number of piperazine rings is 1. The fraction of sp³-hybridized carbons (Fsp3) is 0.526. The summed E-state index contributed by atoms with van der Waals surface area (Å²) in [6, 6.07) is 5.53. The average molecular weight is 452 g/mol. The van der Waals surface area contributed by atoms with Crippen LogP contribution in [0.3, 0.4) is 0 Å². The first-order chi connectivity index (χ1) is 14.8. The van der Waals surface area contributed by atoms with Crippen LogP contribution in [-0.2, 0) is 23.9 Å². The molecule has 2 fully saturated rings. The predicted octanol–water partition coefficient (Wildman–Crippen LogP) is 0.333. The second-order valence-corrected chi connectivity index (χ2v) is 8.20. The number of carbonyl (C=O) groups excluding carboxylic acids is 3. The topological polar surface area (TPSA) is 123 Å². The summed E-state index contributed by atoms with van der Waals surface area (Å²) in [5.74, 6) is -1.20. The molecule has 168 valence electrons. The number of carbonyl (C=O) groups is 3. The molecule has 0 radical (unpaired) electrons. The molecule has 2 heterocycles. The monoisotopic (exact) mass is 452 g/mol. The molecule has 1 aromatic carbocycles. The van der Waals surface area contributed by atoms with Crippen molar-refractivity contribution < 1.29 is 28.8 Å². The first-order valence-corrected chi connectivity index (χ1v) is 10.7. The first kappa shape index (κ1) is 22.8. The van der Waals surface area contributed by atoms with Crippen molar-refractivity contribution in [3.05, 3.63) is 34.4 Å². The molecule has 2 saturated heterocycles. The van der Waals surface area contributed by atoms with Crippen LogP contribution in [-0.4, -0.2) is 96.7 Å². The van der Waals surface area contributed by atoms with Crippen LogP contribution < -0.4 is 4.90 Å². The Labute approximate surface area is 183 Å². The number of non-ortho nitro benzene ring substituents is 1. The Hall–Kier alpha value is -2.86. The molecule has 0 N–H and O–H groups in total. The van der Waals surface area contributed by atoms with Crippen LogP contribution in [0.2, 0.25) is 0 Å². The minimum atomic E-state index is -0.872. The number of amides is 1. The van der Waals surface area contributed by atoms with Crippen LogP contribution in [0.1, 0.15) is 0 Å². The van der Waals surface area contributed by atoms with Crippen LogP contribution in [0, 0.1) is 10.1 Å². The number of ether oxygens (including phenoxy) is 2. The summed E-state index contributed by atoms with van der Waals surface area (Å²) in [5.41, 5.74) is 0.917. The first-order valence-electron chi connectivity index (χ1n) is 9.66. The Balaban J connectivity index is 1.60. The van der Waals surface area contributed by atoms with Crippen molar-refractivity contribution in [2.24, 2.45) is 0 Å². The Morgan fingerprint density at radius 2 is 1.68 bits per heavy atom. The van der Waals surface area contributed by atoms with Gasteiger partial charge in [0.2, 0.25) is 5.91 Å². The summed E-state index contributed by atoms with van der Waals surface area (Å²) >= 11 is 1.18. The smallest absolute Gasteiger partial charge is 0.339 e. The molecule has 2 aliphatic heterocycles. The lowest BCUT2D eigenvalue weighted by molar-refractivity contribution is -0.384. The third kappa shape index (κ3) is 5.07. The summed E-state index contributed by atoms with van der Waals surface area (Å²) in [6.45, 7) is 2.53. The zero-order valence-electron chi connectivity index (χ0n) is 17.3. The van der Waals surface area contributed by atoms with Gasteiger partial charge in [0.25, 0.3) is 5.69 Å². The number of nitro benzene ring substituents is 1. The number of anilines is 1. The molecular weight excluding hydrogens is 428 g/mol. The fourth-order valence-corrected chi connectivity index (χ4v) is 4.95. The Bertz CT molecular complexity index is 818. The van der Waals surface area contributed by atoms with Crippen LogP contribution in [0.25, 0.3) is 0 Å². The van der Waals surface area contributed by atoms with E-state index in [-0.39, 0.29) is 23.9 Å². The van der Waals surface area contributed by atoms with Gasteiger partial charge in [0, 0.05) is 49.8 Å². The van der Waals surface area contributed by atoms with Gasteiger partial charge in [-0.2, -0.15) is 0 Å². The molecule has 2 aliphatic rings. The molecule has 0 aliphatic carbocycles. The van der Waals surface area contributed by atoms with E-state index in [0.717, 1.165) is 5.69 Å². The maximum atomic E-state index is 13.0. The third-order valence-electron chi connectivity index (χ3n) is 5.32. The number of hydrogen-bond donors (Lipinski definition) is 0. The van der Waals surface area contributed by atoms with E-state index in [9.17, 15) is 24.5 Å². The molecule has 12 heteroatoms. The van der Waals surface area contributed by atoms with Crippen molar-refractivity contribution in [2.45, 2.75) is 11.4 Å². The largest absolute Gasteiger partial charge is 0.467 e. The lowest BCUT2D eigenvalue weighted by Gasteiger charge is -2.37. The van der Waals surface area contributed by atoms with Gasteiger partial charge in [-0.25, -0.2) is 9.59 Å². The molecule has 31 heavy (non-hydrogen) atoms. The zero-order valence-corrected chi connectivity index (χ0v) is 18.1. The molecule has 1 aromatic rings. The molecule has 1 amide bonds. The van der Waals surface area contributed by atoms with E-state index in [1.165, 1.54) is 43.0 Å².